The van der Waals surface area contributed by atoms with Gasteiger partial charge in [0.2, 0.25) is 0 Å². The Morgan fingerprint density at radius 2 is 2.33 bits per heavy atom. The van der Waals surface area contributed by atoms with Crippen molar-refractivity contribution in [1.82, 2.24) is 10.3 Å². The zero-order valence-corrected chi connectivity index (χ0v) is 11.6. The minimum absolute atomic E-state index is 0.209. The predicted molar refractivity (Wildman–Crippen MR) is 70.8 cm³/mol. The highest BCUT2D eigenvalue weighted by atomic mass is 32.1. The van der Waals surface area contributed by atoms with Gasteiger partial charge in [-0.3, -0.25) is 0 Å². The second-order valence-electron chi connectivity index (χ2n) is 5.04. The lowest BCUT2D eigenvalue weighted by Crippen LogP contribution is -2.35. The third-order valence-electron chi connectivity index (χ3n) is 4.02. The fraction of sp³-hybridized carbons (Fsp3) is 0.769. The molecule has 0 bridgehead atoms. The number of ether oxygens (including phenoxy) is 2. The van der Waals surface area contributed by atoms with Gasteiger partial charge in [-0.25, -0.2) is 4.98 Å². The topological polar surface area (TPSA) is 43.4 Å². The Kier molecular flexibility index (Phi) is 3.66. The molecule has 0 unspecified atom stereocenters. The summed E-state index contributed by atoms with van der Waals surface area (Å²) in [5.74, 6) is 0. The van der Waals surface area contributed by atoms with E-state index in [9.17, 15) is 0 Å². The van der Waals surface area contributed by atoms with Crippen LogP contribution in [-0.2, 0) is 15.1 Å². The number of thiazole rings is 1. The summed E-state index contributed by atoms with van der Waals surface area (Å²) >= 11 is 1.73. The summed E-state index contributed by atoms with van der Waals surface area (Å²) in [5, 5.41) is 6.81. The lowest BCUT2D eigenvalue weighted by molar-refractivity contribution is -0.0949. The molecule has 5 heteroatoms. The monoisotopic (exact) mass is 268 g/mol. The van der Waals surface area contributed by atoms with Crippen molar-refractivity contribution in [2.45, 2.75) is 37.3 Å². The summed E-state index contributed by atoms with van der Waals surface area (Å²) in [7, 11) is 1.79. The SMILES string of the molecule is COC1(c2nc([C@@H]3CCCN3)cs2)CCOCC1. The van der Waals surface area contributed by atoms with Gasteiger partial charge >= 0.3 is 0 Å². The lowest BCUT2D eigenvalue weighted by Gasteiger charge is -2.33. The number of nitrogens with one attached hydrogen (secondary N) is 1. The average molecular weight is 268 g/mol. The first-order chi connectivity index (χ1) is 8.84. The summed E-state index contributed by atoms with van der Waals surface area (Å²) in [4.78, 5) is 4.83. The molecule has 0 aliphatic carbocycles. The number of hydrogen-bond donors (Lipinski definition) is 1. The van der Waals surface area contributed by atoms with E-state index < -0.39 is 0 Å². The van der Waals surface area contributed by atoms with Gasteiger partial charge in [-0.1, -0.05) is 0 Å². The Labute approximate surface area is 112 Å². The highest BCUT2D eigenvalue weighted by molar-refractivity contribution is 7.09. The molecule has 0 radical (unpaired) electrons. The average Bonchev–Trinajstić information content (AvgIpc) is 3.10. The van der Waals surface area contributed by atoms with Gasteiger partial charge in [0.05, 0.1) is 11.7 Å². The number of nitrogens with zero attached hydrogens (tertiary/aromatic N) is 1. The second-order valence-corrected chi connectivity index (χ2v) is 5.90. The van der Waals surface area contributed by atoms with Gasteiger partial charge in [0.15, 0.2) is 0 Å². The normalized spacial score (nSPS) is 27.5. The van der Waals surface area contributed by atoms with E-state index in [1.54, 1.807) is 18.4 Å². The zero-order chi connectivity index (χ0) is 12.4. The number of methoxy groups -OCH3 is 1. The van der Waals surface area contributed by atoms with Crippen molar-refractivity contribution in [1.29, 1.82) is 0 Å². The number of rotatable bonds is 3. The van der Waals surface area contributed by atoms with E-state index in [4.69, 9.17) is 14.5 Å². The van der Waals surface area contributed by atoms with Crippen molar-refractivity contribution < 1.29 is 9.47 Å². The van der Waals surface area contributed by atoms with Crippen LogP contribution in [0.5, 0.6) is 0 Å². The molecule has 3 heterocycles. The van der Waals surface area contributed by atoms with Gasteiger partial charge < -0.3 is 14.8 Å². The Morgan fingerprint density at radius 1 is 1.50 bits per heavy atom. The first-order valence-corrected chi connectivity index (χ1v) is 7.54. The molecule has 1 aromatic rings. The molecule has 4 nitrogen and oxygen atoms in total. The fourth-order valence-electron chi connectivity index (χ4n) is 2.80. The molecular weight excluding hydrogens is 248 g/mol. The van der Waals surface area contributed by atoms with Crippen molar-refractivity contribution >= 4 is 11.3 Å². The van der Waals surface area contributed by atoms with Crippen LogP contribution < -0.4 is 5.32 Å². The zero-order valence-electron chi connectivity index (χ0n) is 10.8. The van der Waals surface area contributed by atoms with Crippen molar-refractivity contribution in [3.8, 4) is 0 Å². The van der Waals surface area contributed by atoms with Crippen LogP contribution in [0.25, 0.3) is 0 Å². The highest BCUT2D eigenvalue weighted by Crippen LogP contribution is 2.38. The number of hydrogen-bond acceptors (Lipinski definition) is 5. The Hall–Kier alpha value is -0.490. The van der Waals surface area contributed by atoms with Crippen LogP contribution in [0.1, 0.15) is 42.4 Å². The van der Waals surface area contributed by atoms with Gasteiger partial charge in [-0.2, -0.15) is 0 Å². The van der Waals surface area contributed by atoms with Crippen molar-refractivity contribution in [2.75, 3.05) is 26.9 Å². The molecule has 1 N–H and O–H groups in total. The number of aromatic nitrogens is 1. The van der Waals surface area contributed by atoms with E-state index in [0.29, 0.717) is 6.04 Å². The van der Waals surface area contributed by atoms with E-state index in [-0.39, 0.29) is 5.60 Å². The minimum Gasteiger partial charge on any atom is -0.381 e. The molecule has 1 aromatic heterocycles. The van der Waals surface area contributed by atoms with Crippen LogP contribution in [0, 0.1) is 0 Å². The van der Waals surface area contributed by atoms with E-state index in [1.165, 1.54) is 18.5 Å². The summed E-state index contributed by atoms with van der Waals surface area (Å²) < 4.78 is 11.2. The molecule has 18 heavy (non-hydrogen) atoms. The van der Waals surface area contributed by atoms with Crippen LogP contribution in [0.4, 0.5) is 0 Å². The lowest BCUT2D eigenvalue weighted by atomic mass is 9.95. The van der Waals surface area contributed by atoms with Gasteiger partial charge in [0.1, 0.15) is 10.6 Å². The smallest absolute Gasteiger partial charge is 0.125 e. The molecule has 0 amide bonds. The van der Waals surface area contributed by atoms with Gasteiger partial charge in [0.25, 0.3) is 0 Å². The van der Waals surface area contributed by atoms with Crippen molar-refractivity contribution in [3.63, 3.8) is 0 Å². The summed E-state index contributed by atoms with van der Waals surface area (Å²) in [6, 6.07) is 0.448. The minimum atomic E-state index is -0.209. The van der Waals surface area contributed by atoms with Crippen LogP contribution in [0.3, 0.4) is 0 Å². The molecular formula is C13H20N2O2S. The summed E-state index contributed by atoms with van der Waals surface area (Å²) in [6.45, 7) is 2.65. The third-order valence-corrected chi connectivity index (χ3v) is 5.07. The summed E-state index contributed by atoms with van der Waals surface area (Å²) in [5.41, 5.74) is 0.982. The molecule has 1 atom stereocenters. The van der Waals surface area contributed by atoms with Crippen molar-refractivity contribution in [2.24, 2.45) is 0 Å². The molecule has 2 fully saturated rings. The van der Waals surface area contributed by atoms with Crippen molar-refractivity contribution in [3.05, 3.63) is 16.1 Å². The molecule has 2 saturated heterocycles. The Bertz CT molecular complexity index is 395. The van der Waals surface area contributed by atoms with Crippen LogP contribution in [0.2, 0.25) is 0 Å². The first-order valence-electron chi connectivity index (χ1n) is 6.66. The largest absolute Gasteiger partial charge is 0.381 e. The van der Waals surface area contributed by atoms with E-state index >= 15 is 0 Å². The maximum Gasteiger partial charge on any atom is 0.125 e. The standard InChI is InChI=1S/C13H20N2O2S/c1-16-13(4-7-17-8-5-13)12-15-11(9-18-12)10-3-2-6-14-10/h9-10,14H,2-8H2,1H3/t10-/m0/s1. The van der Waals surface area contributed by atoms with Crippen LogP contribution in [-0.4, -0.2) is 31.9 Å². The molecule has 100 valence electrons. The maximum absolute atomic E-state index is 5.79. The van der Waals surface area contributed by atoms with Crippen LogP contribution >= 0.6 is 11.3 Å². The van der Waals surface area contributed by atoms with E-state index in [2.05, 4.69) is 10.7 Å². The van der Waals surface area contributed by atoms with E-state index in [1.807, 2.05) is 0 Å². The molecule has 2 aliphatic heterocycles. The Morgan fingerprint density at radius 3 is 3.00 bits per heavy atom. The molecule has 0 saturated carbocycles. The van der Waals surface area contributed by atoms with E-state index in [0.717, 1.165) is 37.6 Å². The van der Waals surface area contributed by atoms with Crippen LogP contribution in [0.15, 0.2) is 5.38 Å². The first kappa shape index (κ1) is 12.5. The summed E-state index contributed by atoms with van der Waals surface area (Å²) in [6.07, 6.45) is 4.27. The van der Waals surface area contributed by atoms with Gasteiger partial charge in [-0.05, 0) is 19.4 Å². The highest BCUT2D eigenvalue weighted by Gasteiger charge is 2.37. The predicted octanol–water partition coefficient (Wildman–Crippen LogP) is 2.22. The van der Waals surface area contributed by atoms with Gasteiger partial charge in [-0.15, -0.1) is 11.3 Å². The maximum atomic E-state index is 5.79. The molecule has 0 aromatic carbocycles. The fourth-order valence-corrected chi connectivity index (χ4v) is 3.91. The Balaban J connectivity index is 1.82. The third kappa shape index (κ3) is 2.20. The second kappa shape index (κ2) is 5.25. The van der Waals surface area contributed by atoms with Gasteiger partial charge in [0, 0.05) is 38.5 Å². The molecule has 3 rings (SSSR count). The quantitative estimate of drug-likeness (QED) is 0.913. The molecule has 0 spiro atoms. The molecule has 2 aliphatic rings.